The van der Waals surface area contributed by atoms with Crippen molar-refractivity contribution in [3.63, 3.8) is 0 Å². The normalized spacial score (nSPS) is 12.6. The minimum absolute atomic E-state index is 0.0734. The summed E-state index contributed by atoms with van der Waals surface area (Å²) in [5, 5.41) is 14.7. The molecule has 0 bridgehead atoms. The number of halogens is 1. The quantitative estimate of drug-likeness (QED) is 0.468. The smallest absolute Gasteiger partial charge is 0.408 e. The van der Waals surface area contributed by atoms with Gasteiger partial charge in [0.2, 0.25) is 5.91 Å². The van der Waals surface area contributed by atoms with Crippen LogP contribution in [0.3, 0.4) is 0 Å². The molecule has 166 valence electrons. The number of carbonyl (C=O) groups is 3. The molecule has 2 amide bonds. The van der Waals surface area contributed by atoms with Crippen LogP contribution in [0.15, 0.2) is 59.1 Å². The molecular weight excluding hydrogens is 464 g/mol. The number of carbonyl (C=O) groups excluding carboxylic acids is 2. The predicted octanol–water partition coefficient (Wildman–Crippen LogP) is 3.90. The van der Waals surface area contributed by atoms with Crippen molar-refractivity contribution >= 4 is 33.9 Å². The van der Waals surface area contributed by atoms with E-state index in [4.69, 9.17) is 4.74 Å². The van der Waals surface area contributed by atoms with Gasteiger partial charge in [0.05, 0.1) is 0 Å². The second-order valence-electron chi connectivity index (χ2n) is 7.62. The lowest BCUT2D eigenvalue weighted by Gasteiger charge is -2.22. The van der Waals surface area contributed by atoms with E-state index in [0.29, 0.717) is 6.42 Å². The van der Waals surface area contributed by atoms with Crippen LogP contribution in [0, 0.1) is 5.92 Å². The molecule has 8 heteroatoms. The van der Waals surface area contributed by atoms with Gasteiger partial charge in [-0.2, -0.15) is 0 Å². The molecule has 2 atom stereocenters. The Kier molecular flexibility index (Phi) is 9.52. The number of benzene rings is 2. The molecule has 0 aromatic heterocycles. The van der Waals surface area contributed by atoms with Crippen molar-refractivity contribution in [3.8, 4) is 0 Å². The van der Waals surface area contributed by atoms with E-state index >= 15 is 0 Å². The number of nitrogens with one attached hydrogen (secondary N) is 2. The first-order chi connectivity index (χ1) is 14.7. The lowest BCUT2D eigenvalue weighted by Crippen LogP contribution is -2.52. The van der Waals surface area contributed by atoms with Gasteiger partial charge in [-0.3, -0.25) is 4.79 Å². The Bertz CT molecular complexity index is 871. The molecule has 0 aliphatic carbocycles. The maximum absolute atomic E-state index is 12.8. The van der Waals surface area contributed by atoms with E-state index in [-0.39, 0.29) is 18.9 Å². The molecule has 7 nitrogen and oxygen atoms in total. The molecule has 2 aromatic carbocycles. The first-order valence-corrected chi connectivity index (χ1v) is 10.8. The van der Waals surface area contributed by atoms with Crippen LogP contribution in [0.25, 0.3) is 0 Å². The standard InChI is InChI=1S/C23H27BrN2O5/c1-15(2)12-19(26-23(30)31-14-17-6-4-3-5-7-17)21(27)25-20(22(28)29)13-16-8-10-18(24)11-9-16/h3-11,15,19-20H,12-14H2,1-2H3,(H,25,27)(H,26,30)(H,28,29)/t19-,20+/m0/s1. The van der Waals surface area contributed by atoms with Gasteiger partial charge in [0.15, 0.2) is 0 Å². The maximum Gasteiger partial charge on any atom is 0.408 e. The fraction of sp³-hybridized carbons (Fsp3) is 0.348. The summed E-state index contributed by atoms with van der Waals surface area (Å²) >= 11 is 3.34. The molecule has 31 heavy (non-hydrogen) atoms. The monoisotopic (exact) mass is 490 g/mol. The molecule has 0 aliphatic heterocycles. The van der Waals surface area contributed by atoms with E-state index in [1.54, 1.807) is 12.1 Å². The highest BCUT2D eigenvalue weighted by atomic mass is 79.9. The number of rotatable bonds is 10. The van der Waals surface area contributed by atoms with Crippen LogP contribution < -0.4 is 10.6 Å². The fourth-order valence-electron chi connectivity index (χ4n) is 2.94. The van der Waals surface area contributed by atoms with Gasteiger partial charge >= 0.3 is 12.1 Å². The Morgan fingerprint density at radius 2 is 1.58 bits per heavy atom. The van der Waals surface area contributed by atoms with Crippen LogP contribution in [0.1, 0.15) is 31.4 Å². The highest BCUT2D eigenvalue weighted by molar-refractivity contribution is 9.10. The third kappa shape index (κ3) is 8.80. The number of amides is 2. The van der Waals surface area contributed by atoms with Gasteiger partial charge in [0, 0.05) is 10.9 Å². The predicted molar refractivity (Wildman–Crippen MR) is 120 cm³/mol. The average Bonchev–Trinajstić information content (AvgIpc) is 2.73. The molecule has 0 aliphatic rings. The first kappa shape index (κ1) is 24.4. The van der Waals surface area contributed by atoms with Crippen LogP contribution in [0.4, 0.5) is 4.79 Å². The number of carboxylic acid groups (broad SMARTS) is 1. The van der Waals surface area contributed by atoms with Crippen molar-refractivity contribution in [1.82, 2.24) is 10.6 Å². The fourth-order valence-corrected chi connectivity index (χ4v) is 3.20. The Labute approximate surface area is 190 Å². The summed E-state index contributed by atoms with van der Waals surface area (Å²) < 4.78 is 6.08. The summed E-state index contributed by atoms with van der Waals surface area (Å²) in [6.45, 7) is 3.89. The molecule has 0 unspecified atom stereocenters. The SMILES string of the molecule is CC(C)C[C@H](NC(=O)OCc1ccccc1)C(=O)N[C@H](Cc1ccc(Br)cc1)C(=O)O. The van der Waals surface area contributed by atoms with E-state index in [2.05, 4.69) is 26.6 Å². The minimum atomic E-state index is -1.15. The van der Waals surface area contributed by atoms with Crippen molar-refractivity contribution in [2.75, 3.05) is 0 Å². The second-order valence-corrected chi connectivity index (χ2v) is 8.53. The van der Waals surface area contributed by atoms with Crippen molar-refractivity contribution in [3.05, 3.63) is 70.2 Å². The maximum atomic E-state index is 12.8. The molecule has 0 saturated carbocycles. The van der Waals surface area contributed by atoms with Crippen LogP contribution in [0.2, 0.25) is 0 Å². The third-order valence-electron chi connectivity index (χ3n) is 4.50. The summed E-state index contributed by atoms with van der Waals surface area (Å²) in [5.74, 6) is -1.61. The summed E-state index contributed by atoms with van der Waals surface area (Å²) in [7, 11) is 0. The number of carboxylic acids is 1. The van der Waals surface area contributed by atoms with E-state index in [1.807, 2.05) is 56.3 Å². The average molecular weight is 491 g/mol. The molecule has 3 N–H and O–H groups in total. The number of aliphatic carboxylic acids is 1. The topological polar surface area (TPSA) is 105 Å². The second kappa shape index (κ2) is 12.1. The summed E-state index contributed by atoms with van der Waals surface area (Å²) in [6.07, 6.45) is -0.262. The first-order valence-electron chi connectivity index (χ1n) is 9.99. The molecule has 0 radical (unpaired) electrons. The largest absolute Gasteiger partial charge is 0.480 e. The zero-order chi connectivity index (χ0) is 22.8. The van der Waals surface area contributed by atoms with Crippen LogP contribution in [-0.4, -0.2) is 35.2 Å². The van der Waals surface area contributed by atoms with Crippen molar-refractivity contribution < 1.29 is 24.2 Å². The molecule has 0 spiro atoms. The Balaban J connectivity index is 1.99. The van der Waals surface area contributed by atoms with Crippen LogP contribution in [-0.2, 0) is 27.4 Å². The van der Waals surface area contributed by atoms with Gasteiger partial charge in [-0.25, -0.2) is 9.59 Å². The van der Waals surface area contributed by atoms with Crippen LogP contribution in [0.5, 0.6) is 0 Å². The molecule has 0 fully saturated rings. The number of hydrogen-bond donors (Lipinski definition) is 3. The Morgan fingerprint density at radius 3 is 2.16 bits per heavy atom. The van der Waals surface area contributed by atoms with Crippen molar-refractivity contribution in [2.45, 2.75) is 45.4 Å². The molecule has 2 aromatic rings. The van der Waals surface area contributed by atoms with Gasteiger partial charge in [-0.15, -0.1) is 0 Å². The highest BCUT2D eigenvalue weighted by Gasteiger charge is 2.27. The number of alkyl carbamates (subject to hydrolysis) is 1. The minimum Gasteiger partial charge on any atom is -0.480 e. The van der Waals surface area contributed by atoms with Gasteiger partial charge in [-0.05, 0) is 35.6 Å². The van der Waals surface area contributed by atoms with Gasteiger partial charge < -0.3 is 20.5 Å². The summed E-state index contributed by atoms with van der Waals surface area (Å²) in [4.78, 5) is 36.7. The summed E-state index contributed by atoms with van der Waals surface area (Å²) in [6, 6.07) is 14.3. The van der Waals surface area contributed by atoms with Crippen molar-refractivity contribution in [2.24, 2.45) is 5.92 Å². The van der Waals surface area contributed by atoms with E-state index in [9.17, 15) is 19.5 Å². The van der Waals surface area contributed by atoms with E-state index < -0.39 is 30.1 Å². The van der Waals surface area contributed by atoms with Crippen LogP contribution >= 0.6 is 15.9 Å². The Morgan fingerprint density at radius 1 is 0.935 bits per heavy atom. The lowest BCUT2D eigenvalue weighted by atomic mass is 10.0. The van der Waals surface area contributed by atoms with Gasteiger partial charge in [0.1, 0.15) is 18.7 Å². The van der Waals surface area contributed by atoms with Crippen molar-refractivity contribution in [1.29, 1.82) is 0 Å². The highest BCUT2D eigenvalue weighted by Crippen LogP contribution is 2.13. The Hall–Kier alpha value is -2.87. The molecule has 2 rings (SSSR count). The van der Waals surface area contributed by atoms with E-state index in [0.717, 1.165) is 15.6 Å². The molecule has 0 heterocycles. The third-order valence-corrected chi connectivity index (χ3v) is 5.02. The molecular formula is C23H27BrN2O5. The summed E-state index contributed by atoms with van der Waals surface area (Å²) in [5.41, 5.74) is 1.59. The number of hydrogen-bond acceptors (Lipinski definition) is 4. The number of ether oxygens (including phenoxy) is 1. The zero-order valence-electron chi connectivity index (χ0n) is 17.5. The van der Waals surface area contributed by atoms with E-state index in [1.165, 1.54) is 0 Å². The lowest BCUT2D eigenvalue weighted by molar-refractivity contribution is -0.142. The molecule has 0 saturated heterocycles. The zero-order valence-corrected chi connectivity index (χ0v) is 19.1. The van der Waals surface area contributed by atoms with Gasteiger partial charge in [0.25, 0.3) is 0 Å². The van der Waals surface area contributed by atoms with Gasteiger partial charge in [-0.1, -0.05) is 72.2 Å².